The molecule has 1 aliphatic heterocycles. The van der Waals surface area contributed by atoms with E-state index in [2.05, 4.69) is 17.2 Å². The molecule has 3 rings (SSSR count). The van der Waals surface area contributed by atoms with E-state index in [0.717, 1.165) is 6.42 Å². The van der Waals surface area contributed by atoms with Crippen LogP contribution in [0.3, 0.4) is 0 Å². The maximum atomic E-state index is 13.0. The number of nitrogens with zero attached hydrogens (tertiary/aromatic N) is 1. The first kappa shape index (κ1) is 20.3. The first-order chi connectivity index (χ1) is 14.0. The Morgan fingerprint density at radius 2 is 1.72 bits per heavy atom. The Morgan fingerprint density at radius 1 is 1.07 bits per heavy atom. The zero-order valence-electron chi connectivity index (χ0n) is 15.9. The van der Waals surface area contributed by atoms with Crippen molar-refractivity contribution in [2.75, 3.05) is 18.4 Å². The molecule has 0 radical (unpaired) electrons. The van der Waals surface area contributed by atoms with E-state index in [9.17, 15) is 18.8 Å². The van der Waals surface area contributed by atoms with Gasteiger partial charge in [-0.1, -0.05) is 6.08 Å². The molecular weight excluding hydrogens is 373 g/mol. The second-order valence-corrected chi connectivity index (χ2v) is 6.73. The molecule has 1 unspecified atom stereocenters. The van der Waals surface area contributed by atoms with E-state index in [0.29, 0.717) is 36.3 Å². The van der Waals surface area contributed by atoms with Gasteiger partial charge in [0.2, 0.25) is 5.91 Å². The van der Waals surface area contributed by atoms with Crippen LogP contribution in [0.15, 0.2) is 61.2 Å². The minimum atomic E-state index is -0.486. The lowest BCUT2D eigenvalue weighted by Crippen LogP contribution is -2.46. The fourth-order valence-electron chi connectivity index (χ4n) is 3.24. The zero-order valence-corrected chi connectivity index (χ0v) is 15.9. The molecule has 150 valence electrons. The van der Waals surface area contributed by atoms with Gasteiger partial charge in [0.15, 0.2) is 0 Å². The van der Waals surface area contributed by atoms with E-state index < -0.39 is 11.9 Å². The topological polar surface area (TPSA) is 78.5 Å². The van der Waals surface area contributed by atoms with Crippen LogP contribution in [0.2, 0.25) is 0 Å². The molecule has 1 fully saturated rings. The third-order valence-electron chi connectivity index (χ3n) is 4.73. The van der Waals surface area contributed by atoms with E-state index in [-0.39, 0.29) is 17.7 Å². The molecule has 6 nitrogen and oxygen atoms in total. The molecule has 2 aromatic rings. The molecule has 0 aromatic heterocycles. The molecule has 3 amide bonds. The second-order valence-electron chi connectivity index (χ2n) is 6.73. The summed E-state index contributed by atoms with van der Waals surface area (Å²) in [4.78, 5) is 38.9. The normalized spacial score (nSPS) is 15.6. The first-order valence-corrected chi connectivity index (χ1v) is 9.36. The van der Waals surface area contributed by atoms with Gasteiger partial charge in [0.25, 0.3) is 11.8 Å². The molecule has 0 saturated carbocycles. The maximum absolute atomic E-state index is 13.0. The molecule has 29 heavy (non-hydrogen) atoms. The summed E-state index contributed by atoms with van der Waals surface area (Å²) in [5.41, 5.74) is 1.28. The third-order valence-corrected chi connectivity index (χ3v) is 4.73. The van der Waals surface area contributed by atoms with Crippen LogP contribution < -0.4 is 10.6 Å². The minimum Gasteiger partial charge on any atom is -0.351 e. The summed E-state index contributed by atoms with van der Waals surface area (Å²) in [7, 11) is 0. The van der Waals surface area contributed by atoms with Crippen molar-refractivity contribution in [3.8, 4) is 0 Å². The number of nitrogens with one attached hydrogen (secondary N) is 2. The zero-order chi connectivity index (χ0) is 20.8. The largest absolute Gasteiger partial charge is 0.351 e. The van der Waals surface area contributed by atoms with Crippen molar-refractivity contribution in [2.24, 2.45) is 0 Å². The lowest BCUT2D eigenvalue weighted by molar-refractivity contribution is -0.124. The van der Waals surface area contributed by atoms with Gasteiger partial charge in [-0.15, -0.1) is 6.58 Å². The van der Waals surface area contributed by atoms with Crippen molar-refractivity contribution >= 4 is 23.4 Å². The highest BCUT2D eigenvalue weighted by atomic mass is 19.1. The van der Waals surface area contributed by atoms with Gasteiger partial charge >= 0.3 is 0 Å². The lowest BCUT2D eigenvalue weighted by Gasteiger charge is -2.24. The predicted molar refractivity (Wildman–Crippen MR) is 108 cm³/mol. The van der Waals surface area contributed by atoms with E-state index in [1.54, 1.807) is 35.2 Å². The van der Waals surface area contributed by atoms with Crippen molar-refractivity contribution < 1.29 is 18.8 Å². The number of benzene rings is 2. The highest BCUT2D eigenvalue weighted by molar-refractivity contribution is 6.04. The molecule has 0 aliphatic carbocycles. The molecule has 0 bridgehead atoms. The Balaban J connectivity index is 1.65. The summed E-state index contributed by atoms with van der Waals surface area (Å²) in [6, 6.07) is 11.2. The monoisotopic (exact) mass is 395 g/mol. The number of likely N-dealkylation sites (tertiary alicyclic amines) is 1. The van der Waals surface area contributed by atoms with Crippen LogP contribution in [0.1, 0.15) is 33.6 Å². The number of hydrogen-bond donors (Lipinski definition) is 2. The minimum absolute atomic E-state index is 0.182. The molecule has 2 aromatic carbocycles. The second kappa shape index (κ2) is 9.14. The summed E-state index contributed by atoms with van der Waals surface area (Å²) in [5.74, 6) is -1.19. The molecule has 1 aliphatic rings. The van der Waals surface area contributed by atoms with Crippen LogP contribution in [0, 0.1) is 5.82 Å². The van der Waals surface area contributed by atoms with Crippen molar-refractivity contribution in [1.29, 1.82) is 0 Å². The maximum Gasteiger partial charge on any atom is 0.255 e. The lowest BCUT2D eigenvalue weighted by atomic mass is 10.1. The smallest absolute Gasteiger partial charge is 0.255 e. The van der Waals surface area contributed by atoms with Crippen LogP contribution in [0.4, 0.5) is 10.1 Å². The van der Waals surface area contributed by atoms with Gasteiger partial charge in [-0.2, -0.15) is 0 Å². The molecule has 2 N–H and O–H groups in total. The van der Waals surface area contributed by atoms with Crippen LogP contribution in [-0.4, -0.2) is 41.8 Å². The number of carbonyl (C=O) groups is 3. The summed E-state index contributed by atoms with van der Waals surface area (Å²) < 4.78 is 13.0. The highest BCUT2D eigenvalue weighted by Crippen LogP contribution is 2.21. The fraction of sp³-hybridized carbons (Fsp3) is 0.227. The van der Waals surface area contributed by atoms with Gasteiger partial charge in [-0.3, -0.25) is 14.4 Å². The summed E-state index contributed by atoms with van der Waals surface area (Å²) in [5, 5.41) is 5.44. The predicted octanol–water partition coefficient (Wildman–Crippen LogP) is 2.98. The number of halogens is 1. The number of amides is 3. The Hall–Kier alpha value is -3.48. The third kappa shape index (κ3) is 4.87. The van der Waals surface area contributed by atoms with Gasteiger partial charge in [0.05, 0.1) is 0 Å². The van der Waals surface area contributed by atoms with Gasteiger partial charge in [-0.05, 0) is 61.4 Å². The molecule has 1 saturated heterocycles. The van der Waals surface area contributed by atoms with Crippen molar-refractivity contribution in [3.63, 3.8) is 0 Å². The summed E-state index contributed by atoms with van der Waals surface area (Å²) >= 11 is 0. The van der Waals surface area contributed by atoms with Crippen LogP contribution in [0.5, 0.6) is 0 Å². The fourth-order valence-corrected chi connectivity index (χ4v) is 3.24. The Kier molecular flexibility index (Phi) is 6.39. The highest BCUT2D eigenvalue weighted by Gasteiger charge is 2.34. The van der Waals surface area contributed by atoms with Crippen molar-refractivity contribution in [2.45, 2.75) is 18.9 Å². The molecule has 1 atom stereocenters. The quantitative estimate of drug-likeness (QED) is 0.738. The van der Waals surface area contributed by atoms with Crippen molar-refractivity contribution in [3.05, 3.63) is 78.1 Å². The number of carbonyl (C=O) groups excluding carboxylic acids is 3. The van der Waals surface area contributed by atoms with E-state index in [1.165, 1.54) is 24.3 Å². The standard InChI is InChI=1S/C22H22FN3O3/c1-2-13-24-21(28)19-4-3-14-26(19)22(29)16-7-11-18(12-8-16)25-20(27)15-5-9-17(23)10-6-15/h2,5-12,19H,1,3-4,13-14H2,(H,24,28)(H,25,27). The summed E-state index contributed by atoms with van der Waals surface area (Å²) in [6.45, 7) is 4.45. The first-order valence-electron chi connectivity index (χ1n) is 9.36. The average Bonchev–Trinajstić information content (AvgIpc) is 3.22. The number of anilines is 1. The van der Waals surface area contributed by atoms with Gasteiger partial charge in [0.1, 0.15) is 11.9 Å². The average molecular weight is 395 g/mol. The number of rotatable bonds is 6. The summed E-state index contributed by atoms with van der Waals surface area (Å²) in [6.07, 6.45) is 2.99. The number of hydrogen-bond acceptors (Lipinski definition) is 3. The van der Waals surface area contributed by atoms with Crippen LogP contribution in [-0.2, 0) is 4.79 Å². The van der Waals surface area contributed by atoms with E-state index >= 15 is 0 Å². The molecule has 1 heterocycles. The van der Waals surface area contributed by atoms with Crippen molar-refractivity contribution in [1.82, 2.24) is 10.2 Å². The molecular formula is C22H22FN3O3. The van der Waals surface area contributed by atoms with Gasteiger partial charge in [-0.25, -0.2) is 4.39 Å². The Bertz CT molecular complexity index is 910. The molecule has 7 heteroatoms. The van der Waals surface area contributed by atoms with Crippen LogP contribution >= 0.6 is 0 Å². The van der Waals surface area contributed by atoms with Gasteiger partial charge in [0, 0.05) is 29.9 Å². The Labute approximate surface area is 168 Å². The Morgan fingerprint density at radius 3 is 2.38 bits per heavy atom. The molecule has 0 spiro atoms. The SMILES string of the molecule is C=CCNC(=O)C1CCCN1C(=O)c1ccc(NC(=O)c2ccc(F)cc2)cc1. The van der Waals surface area contributed by atoms with Crippen LogP contribution in [0.25, 0.3) is 0 Å². The van der Waals surface area contributed by atoms with Gasteiger partial charge < -0.3 is 15.5 Å². The van der Waals surface area contributed by atoms with E-state index in [4.69, 9.17) is 0 Å². The van der Waals surface area contributed by atoms with E-state index in [1.807, 2.05) is 0 Å².